The van der Waals surface area contributed by atoms with Gasteiger partial charge in [0, 0.05) is 11.1 Å². The van der Waals surface area contributed by atoms with E-state index in [9.17, 15) is 4.79 Å². The van der Waals surface area contributed by atoms with Crippen LogP contribution in [0.4, 0.5) is 5.69 Å². The van der Waals surface area contributed by atoms with Gasteiger partial charge in [-0.25, -0.2) is 0 Å². The molecule has 0 saturated heterocycles. The van der Waals surface area contributed by atoms with Crippen LogP contribution in [-0.2, 0) is 4.79 Å². The third-order valence-electron chi connectivity index (χ3n) is 4.59. The first-order chi connectivity index (χ1) is 9.94. The predicted octanol–water partition coefficient (Wildman–Crippen LogP) is 4.69. The summed E-state index contributed by atoms with van der Waals surface area (Å²) in [5.41, 5.74) is 1.73. The van der Waals surface area contributed by atoms with Gasteiger partial charge in [0.2, 0.25) is 5.91 Å². The summed E-state index contributed by atoms with van der Waals surface area (Å²) in [5, 5.41) is 3.07. The molecule has 2 rings (SSSR count). The highest BCUT2D eigenvalue weighted by Gasteiger charge is 2.36. The van der Waals surface area contributed by atoms with E-state index >= 15 is 0 Å². The number of carbonyl (C=O) groups excluding carboxylic acids is 1. The molecule has 0 radical (unpaired) electrons. The van der Waals surface area contributed by atoms with E-state index in [1.165, 1.54) is 0 Å². The molecule has 1 saturated carbocycles. The Morgan fingerprint density at radius 3 is 2.62 bits per heavy atom. The van der Waals surface area contributed by atoms with Gasteiger partial charge in [0.25, 0.3) is 0 Å². The summed E-state index contributed by atoms with van der Waals surface area (Å²) in [4.78, 5) is 12.4. The van der Waals surface area contributed by atoms with Gasteiger partial charge in [0.05, 0.1) is 6.10 Å². The molecule has 116 valence electrons. The lowest BCUT2D eigenvalue weighted by Crippen LogP contribution is -2.30. The highest BCUT2D eigenvalue weighted by molar-refractivity contribution is 5.95. The Morgan fingerprint density at radius 2 is 2.05 bits per heavy atom. The second kappa shape index (κ2) is 6.50. The number of ether oxygens (including phenoxy) is 1. The fourth-order valence-corrected chi connectivity index (χ4v) is 2.82. The van der Waals surface area contributed by atoms with Gasteiger partial charge in [-0.2, -0.15) is 0 Å². The smallest absolute Gasteiger partial charge is 0.230 e. The molecule has 1 atom stereocenters. The Morgan fingerprint density at radius 1 is 1.38 bits per heavy atom. The molecule has 1 aliphatic carbocycles. The fraction of sp³-hybridized carbons (Fsp3) is 0.611. The minimum absolute atomic E-state index is 0.148. The zero-order valence-electron chi connectivity index (χ0n) is 13.7. The Balaban J connectivity index is 2.04. The normalized spacial score (nSPS) is 18.3. The number of carbonyl (C=O) groups is 1. The summed E-state index contributed by atoms with van der Waals surface area (Å²) in [6.07, 6.45) is 5.49. The van der Waals surface area contributed by atoms with Crippen molar-refractivity contribution in [1.82, 2.24) is 0 Å². The number of anilines is 1. The van der Waals surface area contributed by atoms with Crippen LogP contribution in [0.15, 0.2) is 18.2 Å². The van der Waals surface area contributed by atoms with Crippen molar-refractivity contribution in [2.75, 3.05) is 5.32 Å². The van der Waals surface area contributed by atoms with E-state index in [2.05, 4.69) is 26.1 Å². The number of nitrogens with one attached hydrogen (secondary N) is 1. The van der Waals surface area contributed by atoms with Crippen LogP contribution in [0.5, 0.6) is 5.75 Å². The molecule has 0 bridgehead atoms. The van der Waals surface area contributed by atoms with Crippen molar-refractivity contribution in [1.29, 1.82) is 0 Å². The summed E-state index contributed by atoms with van der Waals surface area (Å²) in [6, 6.07) is 5.88. The molecule has 1 N–H and O–H groups in total. The standard InChI is InChI=1S/C18H27NO2/c1-5-14(3)21-16-9-8-15(12-13(16)2)19-17(20)18(4)10-6-7-11-18/h8-9,12,14H,5-7,10-11H2,1-4H3,(H,19,20)/t14-/m1/s1. The van der Waals surface area contributed by atoms with Crippen LogP contribution in [0, 0.1) is 12.3 Å². The minimum atomic E-state index is -0.195. The van der Waals surface area contributed by atoms with Crippen LogP contribution in [-0.4, -0.2) is 12.0 Å². The van der Waals surface area contributed by atoms with Gasteiger partial charge in [0.1, 0.15) is 5.75 Å². The lowest BCUT2D eigenvalue weighted by molar-refractivity contribution is -0.124. The highest BCUT2D eigenvalue weighted by Crippen LogP contribution is 2.38. The number of hydrogen-bond donors (Lipinski definition) is 1. The van der Waals surface area contributed by atoms with Crippen LogP contribution in [0.3, 0.4) is 0 Å². The molecule has 0 spiro atoms. The Kier molecular flexibility index (Phi) is 4.92. The summed E-state index contributed by atoms with van der Waals surface area (Å²) in [7, 11) is 0. The van der Waals surface area contributed by atoms with E-state index in [0.29, 0.717) is 0 Å². The van der Waals surface area contributed by atoms with Gasteiger partial charge in [-0.05, 0) is 56.9 Å². The van der Waals surface area contributed by atoms with Gasteiger partial charge in [-0.3, -0.25) is 4.79 Å². The molecule has 3 heteroatoms. The average molecular weight is 289 g/mol. The lowest BCUT2D eigenvalue weighted by atomic mass is 9.88. The highest BCUT2D eigenvalue weighted by atomic mass is 16.5. The third-order valence-corrected chi connectivity index (χ3v) is 4.59. The van der Waals surface area contributed by atoms with Gasteiger partial charge < -0.3 is 10.1 Å². The predicted molar refractivity (Wildman–Crippen MR) is 86.8 cm³/mol. The van der Waals surface area contributed by atoms with Crippen molar-refractivity contribution in [2.45, 2.75) is 65.9 Å². The van der Waals surface area contributed by atoms with Crippen LogP contribution in [0.1, 0.15) is 58.4 Å². The zero-order valence-corrected chi connectivity index (χ0v) is 13.7. The molecule has 3 nitrogen and oxygen atoms in total. The maximum absolute atomic E-state index is 12.4. The van der Waals surface area contributed by atoms with Crippen LogP contribution in [0.2, 0.25) is 0 Å². The molecular weight excluding hydrogens is 262 g/mol. The lowest BCUT2D eigenvalue weighted by Gasteiger charge is -2.22. The van der Waals surface area contributed by atoms with E-state index in [1.807, 2.05) is 25.1 Å². The number of hydrogen-bond acceptors (Lipinski definition) is 2. The molecule has 1 aromatic carbocycles. The molecule has 1 aromatic rings. The summed E-state index contributed by atoms with van der Waals surface area (Å²) in [6.45, 7) is 8.26. The van der Waals surface area contributed by atoms with Gasteiger partial charge in [-0.15, -0.1) is 0 Å². The monoisotopic (exact) mass is 289 g/mol. The number of benzene rings is 1. The third kappa shape index (κ3) is 3.78. The first-order valence-corrected chi connectivity index (χ1v) is 8.03. The molecular formula is C18H27NO2. The van der Waals surface area contributed by atoms with E-state index in [4.69, 9.17) is 4.74 Å². The fourth-order valence-electron chi connectivity index (χ4n) is 2.82. The topological polar surface area (TPSA) is 38.3 Å². The van der Waals surface area contributed by atoms with Crippen LogP contribution < -0.4 is 10.1 Å². The van der Waals surface area contributed by atoms with E-state index in [0.717, 1.165) is 49.1 Å². The Labute approximate surface area is 128 Å². The number of aryl methyl sites for hydroxylation is 1. The maximum Gasteiger partial charge on any atom is 0.230 e. The summed E-state index contributed by atoms with van der Waals surface area (Å²) >= 11 is 0. The molecule has 0 unspecified atom stereocenters. The van der Waals surface area contributed by atoms with Crippen molar-refractivity contribution < 1.29 is 9.53 Å². The van der Waals surface area contributed by atoms with Crippen LogP contribution in [0.25, 0.3) is 0 Å². The quantitative estimate of drug-likeness (QED) is 0.854. The zero-order chi connectivity index (χ0) is 15.5. The van der Waals surface area contributed by atoms with Crippen LogP contribution >= 0.6 is 0 Å². The van der Waals surface area contributed by atoms with Gasteiger partial charge >= 0.3 is 0 Å². The van der Waals surface area contributed by atoms with Gasteiger partial charge in [-0.1, -0.05) is 26.7 Å². The molecule has 0 aliphatic heterocycles. The Hall–Kier alpha value is -1.51. The molecule has 1 aliphatic rings. The number of amides is 1. The Bertz CT molecular complexity index is 504. The first-order valence-electron chi connectivity index (χ1n) is 8.03. The largest absolute Gasteiger partial charge is 0.490 e. The van der Waals surface area contributed by atoms with Crippen molar-refractivity contribution >= 4 is 11.6 Å². The van der Waals surface area contributed by atoms with E-state index in [1.54, 1.807) is 0 Å². The van der Waals surface area contributed by atoms with E-state index in [-0.39, 0.29) is 17.4 Å². The van der Waals surface area contributed by atoms with Crippen molar-refractivity contribution in [3.05, 3.63) is 23.8 Å². The van der Waals surface area contributed by atoms with Gasteiger partial charge in [0.15, 0.2) is 0 Å². The molecule has 0 aromatic heterocycles. The summed E-state index contributed by atoms with van der Waals surface area (Å²) < 4.78 is 5.86. The molecule has 1 fully saturated rings. The van der Waals surface area contributed by atoms with E-state index < -0.39 is 0 Å². The van der Waals surface area contributed by atoms with Crippen molar-refractivity contribution in [3.63, 3.8) is 0 Å². The minimum Gasteiger partial charge on any atom is -0.490 e. The molecule has 0 heterocycles. The average Bonchev–Trinajstić information content (AvgIpc) is 2.90. The second-order valence-electron chi connectivity index (χ2n) is 6.54. The summed E-state index contributed by atoms with van der Waals surface area (Å²) in [5.74, 6) is 1.05. The SMILES string of the molecule is CC[C@@H](C)Oc1ccc(NC(=O)C2(C)CCCC2)cc1C. The molecule has 21 heavy (non-hydrogen) atoms. The molecule has 1 amide bonds. The van der Waals surface area contributed by atoms with Crippen molar-refractivity contribution in [2.24, 2.45) is 5.41 Å². The first kappa shape index (κ1) is 15.9. The second-order valence-corrected chi connectivity index (χ2v) is 6.54. The maximum atomic E-state index is 12.4. The van der Waals surface area contributed by atoms with Crippen molar-refractivity contribution in [3.8, 4) is 5.75 Å². The number of rotatable bonds is 5.